The summed E-state index contributed by atoms with van der Waals surface area (Å²) in [5.74, 6) is 4.09. The first-order valence-corrected chi connectivity index (χ1v) is 3.79. The fraction of sp³-hybridized carbons (Fsp3) is 0.500. The second-order valence-corrected chi connectivity index (χ2v) is 2.56. The molecule has 0 rings (SSSR count). The van der Waals surface area contributed by atoms with Crippen molar-refractivity contribution in [1.82, 2.24) is 5.01 Å². The van der Waals surface area contributed by atoms with Crippen LogP contribution < -0.4 is 11.6 Å². The fourth-order valence-corrected chi connectivity index (χ4v) is 0.747. The van der Waals surface area contributed by atoms with E-state index in [1.807, 2.05) is 6.92 Å². The van der Waals surface area contributed by atoms with Crippen LogP contribution in [0.2, 0.25) is 0 Å². The molecule has 0 spiro atoms. The van der Waals surface area contributed by atoms with E-state index < -0.39 is 11.7 Å². The number of carbonyl (C=O) groups is 1. The van der Waals surface area contributed by atoms with Gasteiger partial charge in [-0.1, -0.05) is 18.5 Å². The summed E-state index contributed by atoms with van der Waals surface area (Å²) in [5.41, 5.74) is 4.68. The van der Waals surface area contributed by atoms with Crippen LogP contribution in [0.3, 0.4) is 0 Å². The number of hydrogen-bond donors (Lipinski definition) is 3. The van der Waals surface area contributed by atoms with Crippen molar-refractivity contribution in [1.29, 1.82) is 0 Å². The zero-order valence-corrected chi connectivity index (χ0v) is 7.51. The highest BCUT2D eigenvalue weighted by Crippen LogP contribution is 2.08. The molecule has 5 N–H and O–H groups in total. The van der Waals surface area contributed by atoms with Gasteiger partial charge in [0.1, 0.15) is 5.16 Å². The summed E-state index contributed by atoms with van der Waals surface area (Å²) in [7, 11) is 0. The molecule has 0 aromatic carbocycles. The summed E-state index contributed by atoms with van der Waals surface area (Å²) in [5, 5.41) is 9.39. The van der Waals surface area contributed by atoms with Gasteiger partial charge in [0.2, 0.25) is 0 Å². The van der Waals surface area contributed by atoms with Gasteiger partial charge in [-0.15, -0.1) is 0 Å². The molecule has 12 heavy (non-hydrogen) atoms. The van der Waals surface area contributed by atoms with Gasteiger partial charge in [0.05, 0.1) is 0 Å². The van der Waals surface area contributed by atoms with Crippen molar-refractivity contribution >= 4 is 17.6 Å². The molecule has 0 amide bonds. The molecule has 0 aliphatic rings. The van der Waals surface area contributed by atoms with Crippen molar-refractivity contribution in [3.05, 3.63) is 10.9 Å². The van der Waals surface area contributed by atoms with Crippen molar-refractivity contribution in [3.8, 4) is 0 Å². The highest BCUT2D eigenvalue weighted by atomic mass is 35.5. The molecule has 5 nitrogen and oxygen atoms in total. The van der Waals surface area contributed by atoms with Crippen molar-refractivity contribution in [2.75, 3.05) is 6.54 Å². The van der Waals surface area contributed by atoms with Gasteiger partial charge in [0.25, 0.3) is 0 Å². The number of carboxylic acid groups (broad SMARTS) is 1. The Hall–Kier alpha value is -0.940. The van der Waals surface area contributed by atoms with E-state index in [4.69, 9.17) is 28.3 Å². The molecule has 0 radical (unpaired) electrons. The smallest absolute Gasteiger partial charge is 0.354 e. The highest BCUT2D eigenvalue weighted by Gasteiger charge is 2.11. The van der Waals surface area contributed by atoms with E-state index in [-0.39, 0.29) is 5.16 Å². The van der Waals surface area contributed by atoms with Gasteiger partial charge < -0.3 is 10.8 Å². The first kappa shape index (κ1) is 11.1. The first-order chi connectivity index (χ1) is 5.50. The van der Waals surface area contributed by atoms with E-state index in [1.165, 1.54) is 0 Å². The van der Waals surface area contributed by atoms with Gasteiger partial charge in [0, 0.05) is 6.54 Å². The molecule has 0 aliphatic carbocycles. The Morgan fingerprint density at radius 2 is 2.17 bits per heavy atom. The van der Waals surface area contributed by atoms with Gasteiger partial charge in [-0.25, -0.2) is 10.6 Å². The van der Waals surface area contributed by atoms with Crippen molar-refractivity contribution < 1.29 is 9.90 Å². The Bertz CT molecular complexity index is 205. The van der Waals surface area contributed by atoms with E-state index in [9.17, 15) is 4.79 Å². The van der Waals surface area contributed by atoms with Gasteiger partial charge >= 0.3 is 5.97 Å². The predicted molar refractivity (Wildman–Crippen MR) is 45.9 cm³/mol. The lowest BCUT2D eigenvalue weighted by Crippen LogP contribution is -2.32. The Morgan fingerprint density at radius 1 is 1.67 bits per heavy atom. The Labute approximate surface area is 75.5 Å². The molecule has 0 fully saturated rings. The number of hydrogen-bond acceptors (Lipinski definition) is 4. The third kappa shape index (κ3) is 2.98. The molecule has 0 bridgehead atoms. The topological polar surface area (TPSA) is 92.6 Å². The Kier molecular flexibility index (Phi) is 4.46. The van der Waals surface area contributed by atoms with Crippen LogP contribution in [0.4, 0.5) is 0 Å². The SMILES string of the molecule is CCCN(N)/C(Cl)=C(\N)C(=O)O. The number of nitrogens with two attached hydrogens (primary N) is 2. The maximum absolute atomic E-state index is 10.3. The second kappa shape index (κ2) is 4.84. The first-order valence-electron chi connectivity index (χ1n) is 3.41. The summed E-state index contributed by atoms with van der Waals surface area (Å²) in [6, 6.07) is 0. The summed E-state index contributed by atoms with van der Waals surface area (Å²) in [4.78, 5) is 10.3. The van der Waals surface area contributed by atoms with Crippen LogP contribution in [-0.2, 0) is 4.79 Å². The largest absolute Gasteiger partial charge is 0.476 e. The van der Waals surface area contributed by atoms with Gasteiger partial charge in [0.15, 0.2) is 5.70 Å². The van der Waals surface area contributed by atoms with E-state index in [0.29, 0.717) is 6.54 Å². The van der Waals surface area contributed by atoms with Crippen molar-refractivity contribution in [3.63, 3.8) is 0 Å². The molecule has 0 saturated heterocycles. The number of rotatable bonds is 4. The monoisotopic (exact) mass is 193 g/mol. The Morgan fingerprint density at radius 3 is 2.50 bits per heavy atom. The molecular weight excluding hydrogens is 182 g/mol. The van der Waals surface area contributed by atoms with Crippen LogP contribution in [0.5, 0.6) is 0 Å². The van der Waals surface area contributed by atoms with Crippen LogP contribution in [0, 0.1) is 0 Å². The average Bonchev–Trinajstić information content (AvgIpc) is 2.02. The van der Waals surface area contributed by atoms with Crippen molar-refractivity contribution in [2.45, 2.75) is 13.3 Å². The van der Waals surface area contributed by atoms with Crippen LogP contribution in [-0.4, -0.2) is 22.6 Å². The standard InChI is InChI=1S/C6H12ClN3O2/c1-2-3-10(9)5(7)4(8)6(11)12/h2-3,8-9H2,1H3,(H,11,12)/b5-4-. The zero-order valence-electron chi connectivity index (χ0n) is 6.75. The lowest BCUT2D eigenvalue weighted by molar-refractivity contribution is -0.132. The molecule has 70 valence electrons. The van der Waals surface area contributed by atoms with E-state index >= 15 is 0 Å². The number of halogens is 1. The third-order valence-corrected chi connectivity index (χ3v) is 1.59. The van der Waals surface area contributed by atoms with Crippen LogP contribution in [0.1, 0.15) is 13.3 Å². The number of aliphatic carboxylic acids is 1. The summed E-state index contributed by atoms with van der Waals surface area (Å²) in [6.07, 6.45) is 0.764. The number of carboxylic acids is 1. The lowest BCUT2D eigenvalue weighted by atomic mass is 10.4. The minimum atomic E-state index is -1.27. The molecule has 0 unspecified atom stereocenters. The molecule has 0 aromatic heterocycles. The minimum Gasteiger partial charge on any atom is -0.476 e. The molecule has 0 aromatic rings. The van der Waals surface area contributed by atoms with Crippen LogP contribution >= 0.6 is 11.6 Å². The van der Waals surface area contributed by atoms with Crippen molar-refractivity contribution in [2.24, 2.45) is 11.6 Å². The minimum absolute atomic E-state index is 0.135. The summed E-state index contributed by atoms with van der Waals surface area (Å²) < 4.78 is 0. The maximum atomic E-state index is 10.3. The summed E-state index contributed by atoms with van der Waals surface area (Å²) >= 11 is 5.53. The van der Waals surface area contributed by atoms with E-state index in [0.717, 1.165) is 11.4 Å². The molecule has 0 aliphatic heterocycles. The lowest BCUT2D eigenvalue weighted by Gasteiger charge is -2.16. The molecule has 6 heteroatoms. The normalized spacial score (nSPS) is 12.2. The molecule has 0 saturated carbocycles. The highest BCUT2D eigenvalue weighted by molar-refractivity contribution is 6.31. The van der Waals surface area contributed by atoms with Crippen LogP contribution in [0.25, 0.3) is 0 Å². The average molecular weight is 194 g/mol. The van der Waals surface area contributed by atoms with Crippen LogP contribution in [0.15, 0.2) is 10.9 Å². The molecule has 0 atom stereocenters. The van der Waals surface area contributed by atoms with Gasteiger partial charge in [-0.05, 0) is 6.42 Å². The Balaban J connectivity index is 4.43. The number of nitrogens with zero attached hydrogens (tertiary/aromatic N) is 1. The quantitative estimate of drug-likeness (QED) is 0.253. The molecule has 0 heterocycles. The summed E-state index contributed by atoms with van der Waals surface area (Å²) in [6.45, 7) is 2.35. The maximum Gasteiger partial charge on any atom is 0.354 e. The number of hydrazine groups is 1. The molecular formula is C6H12ClN3O2. The van der Waals surface area contributed by atoms with Gasteiger partial charge in [-0.2, -0.15) is 0 Å². The van der Waals surface area contributed by atoms with E-state index in [2.05, 4.69) is 0 Å². The predicted octanol–water partition coefficient (Wildman–Crippen LogP) is 0.0233. The fourth-order valence-electron chi connectivity index (χ4n) is 0.582. The third-order valence-electron chi connectivity index (χ3n) is 1.17. The zero-order chi connectivity index (χ0) is 9.72. The second-order valence-electron chi connectivity index (χ2n) is 2.20. The van der Waals surface area contributed by atoms with E-state index in [1.54, 1.807) is 0 Å². The van der Waals surface area contributed by atoms with Gasteiger partial charge in [-0.3, -0.25) is 5.01 Å².